The van der Waals surface area contributed by atoms with Crippen LogP contribution in [0.5, 0.6) is 5.75 Å². The molecule has 7 nitrogen and oxygen atoms in total. The SMILES string of the molecule is Cc1ccc(OCc2nc(C3CCN(C(=O)CCCc4c[nH]c5ccccc45)CC3)no2)cc1. The topological polar surface area (TPSA) is 84.2 Å². The van der Waals surface area contributed by atoms with Crippen LogP contribution in [0.4, 0.5) is 0 Å². The summed E-state index contributed by atoms with van der Waals surface area (Å²) in [6.07, 6.45) is 6.11. The third kappa shape index (κ3) is 5.14. The number of nitrogens with zero attached hydrogens (tertiary/aromatic N) is 3. The molecule has 0 radical (unpaired) electrons. The maximum absolute atomic E-state index is 12.7. The maximum Gasteiger partial charge on any atom is 0.264 e. The van der Waals surface area contributed by atoms with Gasteiger partial charge in [0.15, 0.2) is 12.4 Å². The van der Waals surface area contributed by atoms with Crippen molar-refractivity contribution in [2.75, 3.05) is 13.1 Å². The Kier molecular flexibility index (Phi) is 6.60. The zero-order valence-corrected chi connectivity index (χ0v) is 19.5. The molecule has 2 aromatic heterocycles. The Bertz CT molecular complexity index is 1240. The molecule has 0 bridgehead atoms. The lowest BCUT2D eigenvalue weighted by Gasteiger charge is -2.30. The van der Waals surface area contributed by atoms with E-state index in [0.29, 0.717) is 18.1 Å². The van der Waals surface area contributed by atoms with Crippen LogP contribution in [-0.2, 0) is 17.8 Å². The van der Waals surface area contributed by atoms with Gasteiger partial charge < -0.3 is 19.1 Å². The number of carbonyl (C=O) groups excluding carboxylic acids is 1. The van der Waals surface area contributed by atoms with E-state index in [1.165, 1.54) is 16.5 Å². The quantitative estimate of drug-likeness (QED) is 0.394. The molecule has 0 unspecified atom stereocenters. The lowest BCUT2D eigenvalue weighted by molar-refractivity contribution is -0.132. The number of carbonyl (C=O) groups is 1. The van der Waals surface area contributed by atoms with Gasteiger partial charge in [0.25, 0.3) is 5.89 Å². The van der Waals surface area contributed by atoms with Gasteiger partial charge in [0, 0.05) is 42.5 Å². The van der Waals surface area contributed by atoms with Crippen molar-refractivity contribution in [2.24, 2.45) is 0 Å². The number of hydrogen-bond donors (Lipinski definition) is 1. The van der Waals surface area contributed by atoms with Gasteiger partial charge in [-0.3, -0.25) is 4.79 Å². The monoisotopic (exact) mass is 458 g/mol. The molecule has 0 atom stereocenters. The van der Waals surface area contributed by atoms with E-state index in [-0.39, 0.29) is 18.4 Å². The minimum atomic E-state index is 0.215. The van der Waals surface area contributed by atoms with E-state index in [1.807, 2.05) is 42.2 Å². The van der Waals surface area contributed by atoms with Crippen molar-refractivity contribution in [1.29, 1.82) is 0 Å². The summed E-state index contributed by atoms with van der Waals surface area (Å²) in [4.78, 5) is 22.5. The number of rotatable bonds is 8. The fourth-order valence-electron chi connectivity index (χ4n) is 4.59. The number of hydrogen-bond acceptors (Lipinski definition) is 5. The summed E-state index contributed by atoms with van der Waals surface area (Å²) in [5.41, 5.74) is 3.62. The van der Waals surface area contributed by atoms with E-state index in [1.54, 1.807) is 0 Å². The molecule has 34 heavy (non-hydrogen) atoms. The van der Waals surface area contributed by atoms with Gasteiger partial charge in [-0.05, 0) is 56.4 Å². The van der Waals surface area contributed by atoms with Gasteiger partial charge >= 0.3 is 0 Å². The molecule has 0 spiro atoms. The molecule has 1 aliphatic heterocycles. The van der Waals surface area contributed by atoms with Gasteiger partial charge in [0.1, 0.15) is 5.75 Å². The Hall–Kier alpha value is -3.61. The van der Waals surface area contributed by atoms with Crippen LogP contribution in [0.3, 0.4) is 0 Å². The minimum absolute atomic E-state index is 0.215. The predicted molar refractivity (Wildman–Crippen MR) is 130 cm³/mol. The third-order valence-corrected chi connectivity index (χ3v) is 6.59. The first-order valence-corrected chi connectivity index (χ1v) is 12.0. The van der Waals surface area contributed by atoms with Crippen LogP contribution in [0.25, 0.3) is 10.9 Å². The number of ether oxygens (including phenoxy) is 1. The van der Waals surface area contributed by atoms with Gasteiger partial charge in [0.05, 0.1) is 0 Å². The molecule has 0 saturated carbocycles. The highest BCUT2D eigenvalue weighted by atomic mass is 16.5. The number of amides is 1. The van der Waals surface area contributed by atoms with Gasteiger partial charge in [-0.15, -0.1) is 0 Å². The summed E-state index contributed by atoms with van der Waals surface area (Å²) in [6, 6.07) is 16.2. The molecule has 1 saturated heterocycles. The summed E-state index contributed by atoms with van der Waals surface area (Å²) >= 11 is 0. The van der Waals surface area contributed by atoms with E-state index in [0.717, 1.165) is 50.0 Å². The fraction of sp³-hybridized carbons (Fsp3) is 0.370. The van der Waals surface area contributed by atoms with Crippen molar-refractivity contribution in [3.8, 4) is 5.75 Å². The van der Waals surface area contributed by atoms with Crippen molar-refractivity contribution in [1.82, 2.24) is 20.0 Å². The molecule has 1 fully saturated rings. The number of para-hydroxylation sites is 1. The molecule has 1 amide bonds. The van der Waals surface area contributed by atoms with E-state index in [9.17, 15) is 4.79 Å². The van der Waals surface area contributed by atoms with Gasteiger partial charge in [-0.2, -0.15) is 4.98 Å². The van der Waals surface area contributed by atoms with E-state index < -0.39 is 0 Å². The smallest absolute Gasteiger partial charge is 0.264 e. The number of nitrogens with one attached hydrogen (secondary N) is 1. The lowest BCUT2D eigenvalue weighted by Crippen LogP contribution is -2.38. The molecular weight excluding hydrogens is 428 g/mol. The van der Waals surface area contributed by atoms with Crippen molar-refractivity contribution < 1.29 is 14.1 Å². The zero-order chi connectivity index (χ0) is 23.3. The Balaban J connectivity index is 1.06. The third-order valence-electron chi connectivity index (χ3n) is 6.59. The van der Waals surface area contributed by atoms with E-state index in [4.69, 9.17) is 9.26 Å². The number of benzene rings is 2. The number of piperidine rings is 1. The zero-order valence-electron chi connectivity index (χ0n) is 19.5. The van der Waals surface area contributed by atoms with E-state index in [2.05, 4.69) is 39.5 Å². The fourth-order valence-corrected chi connectivity index (χ4v) is 4.59. The number of likely N-dealkylation sites (tertiary alicyclic amines) is 1. The second-order valence-corrected chi connectivity index (χ2v) is 9.02. The number of fused-ring (bicyclic) bond motifs is 1. The summed E-state index contributed by atoms with van der Waals surface area (Å²) in [5, 5.41) is 5.42. The van der Waals surface area contributed by atoms with E-state index >= 15 is 0 Å². The Morgan fingerprint density at radius 2 is 1.94 bits per heavy atom. The van der Waals surface area contributed by atoms with Crippen LogP contribution in [0.1, 0.15) is 54.4 Å². The molecule has 0 aliphatic carbocycles. The normalized spacial score (nSPS) is 14.6. The predicted octanol–water partition coefficient (Wildman–Crippen LogP) is 5.17. The highest BCUT2D eigenvalue weighted by Gasteiger charge is 2.27. The van der Waals surface area contributed by atoms with Crippen molar-refractivity contribution in [3.63, 3.8) is 0 Å². The van der Waals surface area contributed by atoms with Crippen LogP contribution >= 0.6 is 0 Å². The second-order valence-electron chi connectivity index (χ2n) is 9.02. The molecule has 1 N–H and O–H groups in total. The average molecular weight is 459 g/mol. The minimum Gasteiger partial charge on any atom is -0.484 e. The maximum atomic E-state index is 12.7. The molecule has 3 heterocycles. The molecular formula is C27H30N4O3. The van der Waals surface area contributed by atoms with Gasteiger partial charge in [0.2, 0.25) is 5.91 Å². The molecule has 5 rings (SSSR count). The molecule has 4 aromatic rings. The summed E-state index contributed by atoms with van der Waals surface area (Å²) < 4.78 is 11.1. The standard InChI is InChI=1S/C27H30N4O3/c1-19-9-11-22(12-10-19)33-18-25-29-27(30-34-25)20-13-15-31(16-14-20)26(32)8-4-5-21-17-28-24-7-3-2-6-23(21)24/h2-3,6-7,9-12,17,20,28H,4-5,8,13-16,18H2,1H3. The summed E-state index contributed by atoms with van der Waals surface area (Å²) in [6.45, 7) is 3.77. The lowest BCUT2D eigenvalue weighted by atomic mass is 9.95. The Morgan fingerprint density at radius 1 is 1.15 bits per heavy atom. The Labute approximate surface area is 199 Å². The van der Waals surface area contributed by atoms with Crippen LogP contribution < -0.4 is 4.74 Å². The first kappa shape index (κ1) is 22.2. The molecule has 1 aliphatic rings. The largest absolute Gasteiger partial charge is 0.484 e. The average Bonchev–Trinajstić information content (AvgIpc) is 3.51. The highest BCUT2D eigenvalue weighted by molar-refractivity contribution is 5.83. The van der Waals surface area contributed by atoms with Crippen LogP contribution in [0.2, 0.25) is 0 Å². The number of aryl methyl sites for hydroxylation is 2. The van der Waals surface area contributed by atoms with Crippen LogP contribution in [0.15, 0.2) is 59.3 Å². The van der Waals surface area contributed by atoms with Crippen LogP contribution in [0, 0.1) is 6.92 Å². The number of aromatic amines is 1. The molecule has 7 heteroatoms. The van der Waals surface area contributed by atoms with Crippen molar-refractivity contribution in [2.45, 2.75) is 51.6 Å². The summed E-state index contributed by atoms with van der Waals surface area (Å²) in [7, 11) is 0. The number of aromatic nitrogens is 3. The number of H-pyrrole nitrogens is 1. The first-order chi connectivity index (χ1) is 16.7. The van der Waals surface area contributed by atoms with Crippen LogP contribution in [-0.4, -0.2) is 39.0 Å². The van der Waals surface area contributed by atoms with Gasteiger partial charge in [-0.25, -0.2) is 0 Å². The first-order valence-electron chi connectivity index (χ1n) is 12.0. The second kappa shape index (κ2) is 10.1. The molecule has 2 aromatic carbocycles. The van der Waals surface area contributed by atoms with Crippen molar-refractivity contribution >= 4 is 16.8 Å². The van der Waals surface area contributed by atoms with Gasteiger partial charge in [-0.1, -0.05) is 41.1 Å². The highest BCUT2D eigenvalue weighted by Crippen LogP contribution is 2.27. The van der Waals surface area contributed by atoms with Crippen molar-refractivity contribution in [3.05, 3.63) is 77.6 Å². The molecule has 176 valence electrons. The summed E-state index contributed by atoms with van der Waals surface area (Å²) in [5.74, 6) is 2.42. The Morgan fingerprint density at radius 3 is 2.76 bits per heavy atom.